The van der Waals surface area contributed by atoms with Gasteiger partial charge in [-0.1, -0.05) is 71.8 Å². The van der Waals surface area contributed by atoms with E-state index in [9.17, 15) is 8.42 Å². The van der Waals surface area contributed by atoms with Crippen molar-refractivity contribution in [2.45, 2.75) is 17.7 Å². The summed E-state index contributed by atoms with van der Waals surface area (Å²) >= 11 is 6.38. The molecule has 2 heterocycles. The lowest BCUT2D eigenvalue weighted by Crippen LogP contribution is -2.15. The Bertz CT molecular complexity index is 1840. The van der Waals surface area contributed by atoms with Crippen LogP contribution in [-0.4, -0.2) is 13.4 Å². The molecule has 0 aliphatic rings. The van der Waals surface area contributed by atoms with E-state index in [0.29, 0.717) is 27.4 Å². The van der Waals surface area contributed by atoms with Gasteiger partial charge < -0.3 is 9.40 Å². The Balaban J connectivity index is 1.60. The van der Waals surface area contributed by atoms with Crippen molar-refractivity contribution in [3.05, 3.63) is 131 Å². The maximum absolute atomic E-state index is 13.5. The topological polar surface area (TPSA) is 75.1 Å². The summed E-state index contributed by atoms with van der Waals surface area (Å²) in [5.41, 5.74) is 4.81. The Morgan fingerprint density at radius 2 is 1.59 bits per heavy atom. The van der Waals surface area contributed by atoms with Crippen LogP contribution in [0.2, 0.25) is 5.02 Å². The zero-order valence-electron chi connectivity index (χ0n) is 19.9. The van der Waals surface area contributed by atoms with Crippen molar-refractivity contribution in [3.63, 3.8) is 0 Å². The molecule has 0 amide bonds. The average molecular weight is 527 g/mol. The standard InChI is InChI=1S/C30H23ClN2O3S/c1-19-11-14-22(15-12-19)37(34,35)33-29-23-9-5-6-10-27(23)36-30(29)28(20-7-3-2-4-8-20)25-18-32-26-16-13-21(31)17-24(25)26/h2-18,28,32-33H,1H3. The van der Waals surface area contributed by atoms with Crippen molar-refractivity contribution in [2.75, 3.05) is 4.72 Å². The molecule has 4 aromatic carbocycles. The number of sulfonamides is 1. The Morgan fingerprint density at radius 3 is 2.38 bits per heavy atom. The van der Waals surface area contributed by atoms with Crippen molar-refractivity contribution < 1.29 is 12.8 Å². The molecule has 0 saturated carbocycles. The van der Waals surface area contributed by atoms with E-state index in [1.165, 1.54) is 0 Å². The van der Waals surface area contributed by atoms with E-state index in [1.54, 1.807) is 24.3 Å². The first kappa shape index (κ1) is 23.4. The van der Waals surface area contributed by atoms with E-state index in [1.807, 2.05) is 85.9 Å². The molecular formula is C30H23ClN2O3S. The molecule has 37 heavy (non-hydrogen) atoms. The molecule has 1 atom stereocenters. The smallest absolute Gasteiger partial charge is 0.262 e. The molecule has 6 rings (SSSR count). The number of fused-ring (bicyclic) bond motifs is 2. The van der Waals surface area contributed by atoms with Crippen LogP contribution in [0, 0.1) is 6.92 Å². The molecule has 0 aliphatic carbocycles. The Morgan fingerprint density at radius 1 is 0.865 bits per heavy atom. The third kappa shape index (κ3) is 4.28. The number of anilines is 1. The van der Waals surface area contributed by atoms with Crippen molar-refractivity contribution >= 4 is 49.2 Å². The predicted octanol–water partition coefficient (Wildman–Crippen LogP) is 7.86. The fourth-order valence-corrected chi connectivity index (χ4v) is 6.02. The van der Waals surface area contributed by atoms with Gasteiger partial charge in [-0.2, -0.15) is 0 Å². The normalized spacial score (nSPS) is 12.7. The van der Waals surface area contributed by atoms with Crippen molar-refractivity contribution in [2.24, 2.45) is 0 Å². The SMILES string of the molecule is Cc1ccc(S(=O)(=O)Nc2c(C(c3ccccc3)c3c[nH]c4ccc(Cl)cc34)oc3ccccc23)cc1. The summed E-state index contributed by atoms with van der Waals surface area (Å²) in [4.78, 5) is 3.51. The van der Waals surface area contributed by atoms with Gasteiger partial charge >= 0.3 is 0 Å². The monoisotopic (exact) mass is 526 g/mol. The number of benzene rings is 4. The van der Waals surface area contributed by atoms with Gasteiger partial charge in [-0.25, -0.2) is 8.42 Å². The minimum absolute atomic E-state index is 0.185. The van der Waals surface area contributed by atoms with Crippen LogP contribution in [-0.2, 0) is 10.0 Å². The zero-order chi connectivity index (χ0) is 25.6. The van der Waals surface area contributed by atoms with Gasteiger partial charge in [-0.3, -0.25) is 4.72 Å². The zero-order valence-corrected chi connectivity index (χ0v) is 21.5. The molecule has 1 unspecified atom stereocenters. The molecule has 6 aromatic rings. The first-order valence-electron chi connectivity index (χ1n) is 11.8. The summed E-state index contributed by atoms with van der Waals surface area (Å²) in [6.07, 6.45) is 1.93. The van der Waals surface area contributed by atoms with Crippen molar-refractivity contribution in [1.29, 1.82) is 0 Å². The molecule has 0 fully saturated rings. The number of furan rings is 1. The molecule has 7 heteroatoms. The van der Waals surface area contributed by atoms with Crippen LogP contribution >= 0.6 is 11.6 Å². The van der Waals surface area contributed by atoms with Crippen LogP contribution in [0.1, 0.15) is 28.4 Å². The van der Waals surface area contributed by atoms with Crippen molar-refractivity contribution in [1.82, 2.24) is 4.98 Å². The first-order chi connectivity index (χ1) is 17.9. The maximum atomic E-state index is 13.5. The summed E-state index contributed by atoms with van der Waals surface area (Å²) in [5.74, 6) is 0.0977. The number of H-pyrrole nitrogens is 1. The van der Waals surface area contributed by atoms with Gasteiger partial charge in [0.15, 0.2) is 0 Å². The molecule has 0 bridgehead atoms. The van der Waals surface area contributed by atoms with Crippen LogP contribution in [0.4, 0.5) is 5.69 Å². The van der Waals surface area contributed by atoms with Gasteiger partial charge in [0, 0.05) is 27.5 Å². The van der Waals surface area contributed by atoms with E-state index in [4.69, 9.17) is 16.0 Å². The average Bonchev–Trinajstić information content (AvgIpc) is 3.47. The highest BCUT2D eigenvalue weighted by Crippen LogP contribution is 2.44. The Labute approximate surface area is 219 Å². The van der Waals surface area contributed by atoms with Gasteiger partial charge in [0.2, 0.25) is 0 Å². The largest absolute Gasteiger partial charge is 0.458 e. The second-order valence-corrected chi connectivity index (χ2v) is 11.2. The lowest BCUT2D eigenvalue weighted by atomic mass is 9.88. The van der Waals surface area contributed by atoms with E-state index in [0.717, 1.165) is 27.6 Å². The molecule has 0 aliphatic heterocycles. The van der Waals surface area contributed by atoms with Gasteiger partial charge in [0.05, 0.1) is 16.5 Å². The molecule has 0 radical (unpaired) electrons. The minimum atomic E-state index is -3.89. The third-order valence-electron chi connectivity index (χ3n) is 6.57. The van der Waals surface area contributed by atoms with E-state index >= 15 is 0 Å². The highest BCUT2D eigenvalue weighted by Gasteiger charge is 2.30. The molecule has 0 spiro atoms. The summed E-state index contributed by atoms with van der Waals surface area (Å²) in [6, 6.07) is 29.8. The van der Waals surface area contributed by atoms with Crippen LogP contribution in [0.25, 0.3) is 21.9 Å². The number of hydrogen-bond donors (Lipinski definition) is 2. The number of aryl methyl sites for hydroxylation is 1. The number of aromatic nitrogens is 1. The summed E-state index contributed by atoms with van der Waals surface area (Å²) < 4.78 is 36.4. The summed E-state index contributed by atoms with van der Waals surface area (Å²) in [6.45, 7) is 1.92. The summed E-state index contributed by atoms with van der Waals surface area (Å²) in [7, 11) is -3.89. The summed E-state index contributed by atoms with van der Waals surface area (Å²) in [5, 5.41) is 2.24. The predicted molar refractivity (Wildman–Crippen MR) is 149 cm³/mol. The quantitative estimate of drug-likeness (QED) is 0.232. The number of aromatic amines is 1. The van der Waals surface area contributed by atoms with E-state index < -0.39 is 15.9 Å². The lowest BCUT2D eigenvalue weighted by Gasteiger charge is -2.18. The number of rotatable bonds is 6. The number of hydrogen-bond acceptors (Lipinski definition) is 3. The molecule has 5 nitrogen and oxygen atoms in total. The fraction of sp³-hybridized carbons (Fsp3) is 0.0667. The van der Waals surface area contributed by atoms with Gasteiger partial charge in [0.25, 0.3) is 10.0 Å². The van der Waals surface area contributed by atoms with E-state index in [-0.39, 0.29) is 4.90 Å². The molecule has 2 aromatic heterocycles. The van der Waals surface area contributed by atoms with Crippen LogP contribution in [0.3, 0.4) is 0 Å². The highest BCUT2D eigenvalue weighted by molar-refractivity contribution is 7.92. The molecule has 2 N–H and O–H groups in total. The molecular weight excluding hydrogens is 504 g/mol. The van der Waals surface area contributed by atoms with Crippen LogP contribution < -0.4 is 4.72 Å². The van der Waals surface area contributed by atoms with Crippen molar-refractivity contribution in [3.8, 4) is 0 Å². The third-order valence-corrected chi connectivity index (χ3v) is 8.17. The Hall–Kier alpha value is -4.00. The van der Waals surface area contributed by atoms with Gasteiger partial charge in [-0.15, -0.1) is 0 Å². The molecule has 184 valence electrons. The number of halogens is 1. The number of para-hydroxylation sites is 1. The van der Waals surface area contributed by atoms with Gasteiger partial charge in [-0.05, 0) is 60.5 Å². The minimum Gasteiger partial charge on any atom is -0.458 e. The molecule has 0 saturated heterocycles. The fourth-order valence-electron chi connectivity index (χ4n) is 4.75. The van der Waals surface area contributed by atoms with Crippen LogP contribution in [0.15, 0.2) is 113 Å². The second-order valence-electron chi connectivity index (χ2n) is 9.03. The Kier molecular flexibility index (Phi) is 5.78. The lowest BCUT2D eigenvalue weighted by molar-refractivity contribution is 0.544. The van der Waals surface area contributed by atoms with Crippen LogP contribution in [0.5, 0.6) is 0 Å². The van der Waals surface area contributed by atoms with E-state index in [2.05, 4.69) is 9.71 Å². The van der Waals surface area contributed by atoms with Gasteiger partial charge in [0.1, 0.15) is 11.3 Å². The highest BCUT2D eigenvalue weighted by atomic mass is 35.5. The number of nitrogens with one attached hydrogen (secondary N) is 2. The maximum Gasteiger partial charge on any atom is 0.262 e. The second kappa shape index (κ2) is 9.14. The first-order valence-corrected chi connectivity index (χ1v) is 13.7.